The Morgan fingerprint density at radius 2 is 1.83 bits per heavy atom. The Hall–Kier alpha value is -0.430. The van der Waals surface area contributed by atoms with Gasteiger partial charge in [-0.1, -0.05) is 26.0 Å². The van der Waals surface area contributed by atoms with Gasteiger partial charge in [0.1, 0.15) is 0 Å². The lowest BCUT2D eigenvalue weighted by Gasteiger charge is -2.21. The average Bonchev–Trinajstić information content (AvgIpc) is 2.27. The summed E-state index contributed by atoms with van der Waals surface area (Å²) in [7, 11) is -3.37. The minimum Gasteiger partial charge on any atom is -0.376 e. The Kier molecular flexibility index (Phi) is 9.27. The molecule has 0 aliphatic carbocycles. The fourth-order valence-electron chi connectivity index (χ4n) is 1.43. The van der Waals surface area contributed by atoms with Crippen molar-refractivity contribution in [2.75, 3.05) is 32.8 Å². The summed E-state index contributed by atoms with van der Waals surface area (Å²) in [5.74, 6) is 0. The van der Waals surface area contributed by atoms with E-state index in [-0.39, 0.29) is 0 Å². The van der Waals surface area contributed by atoms with Crippen molar-refractivity contribution >= 4 is 10.2 Å². The summed E-state index contributed by atoms with van der Waals surface area (Å²) < 4.78 is 33.2. The van der Waals surface area contributed by atoms with Crippen LogP contribution in [-0.2, 0) is 14.9 Å². The monoisotopic (exact) mass is 278 g/mol. The molecule has 0 spiro atoms. The van der Waals surface area contributed by atoms with E-state index in [9.17, 15) is 8.42 Å². The number of nitrogens with one attached hydrogen (secondary N) is 1. The van der Waals surface area contributed by atoms with Gasteiger partial charge in [-0.15, -0.1) is 0 Å². The van der Waals surface area contributed by atoms with Crippen LogP contribution in [0.25, 0.3) is 0 Å². The molecular weight excluding hydrogens is 252 g/mol. The third-order valence-corrected chi connectivity index (χ3v) is 3.78. The van der Waals surface area contributed by atoms with E-state index in [0.29, 0.717) is 32.8 Å². The molecule has 0 aliphatic heterocycles. The molecule has 0 saturated carbocycles. The standard InChI is InChI=1S/C12H26N2O3S/c1-5-8-14(9-6-2)18(15,16)13-7-10-17-11-12(3)4/h13H,3,5-11H2,1-2,4H3. The molecule has 0 aromatic carbocycles. The van der Waals surface area contributed by atoms with Crippen LogP contribution in [0.4, 0.5) is 0 Å². The molecule has 5 nitrogen and oxygen atoms in total. The second-order valence-electron chi connectivity index (χ2n) is 4.31. The molecule has 0 rings (SSSR count). The Balaban J connectivity index is 4.06. The quantitative estimate of drug-likeness (QED) is 0.461. The molecule has 0 fully saturated rings. The lowest BCUT2D eigenvalue weighted by Crippen LogP contribution is -2.42. The molecule has 18 heavy (non-hydrogen) atoms. The SMILES string of the molecule is C=C(C)COCCNS(=O)(=O)N(CCC)CCC. The highest BCUT2D eigenvalue weighted by Crippen LogP contribution is 2.01. The van der Waals surface area contributed by atoms with Crippen LogP contribution in [0, 0.1) is 0 Å². The maximum atomic E-state index is 11.9. The highest BCUT2D eigenvalue weighted by molar-refractivity contribution is 7.87. The fourth-order valence-corrected chi connectivity index (χ4v) is 2.80. The third kappa shape index (κ3) is 7.81. The molecular formula is C12H26N2O3S. The van der Waals surface area contributed by atoms with E-state index < -0.39 is 10.2 Å². The van der Waals surface area contributed by atoms with Gasteiger partial charge in [-0.3, -0.25) is 0 Å². The van der Waals surface area contributed by atoms with Crippen molar-refractivity contribution in [1.29, 1.82) is 0 Å². The molecule has 0 aromatic rings. The first kappa shape index (κ1) is 17.6. The van der Waals surface area contributed by atoms with E-state index in [1.165, 1.54) is 4.31 Å². The molecule has 108 valence electrons. The van der Waals surface area contributed by atoms with Crippen molar-refractivity contribution in [3.8, 4) is 0 Å². The molecule has 0 heterocycles. The first-order valence-corrected chi connectivity index (χ1v) is 7.84. The predicted octanol–water partition coefficient (Wildman–Crippen LogP) is 1.54. The lowest BCUT2D eigenvalue weighted by atomic mass is 10.4. The zero-order valence-corrected chi connectivity index (χ0v) is 12.6. The maximum Gasteiger partial charge on any atom is 0.279 e. The molecule has 0 aromatic heterocycles. The molecule has 0 unspecified atom stereocenters. The van der Waals surface area contributed by atoms with Gasteiger partial charge in [0.15, 0.2) is 0 Å². The normalized spacial score (nSPS) is 12.0. The number of nitrogens with zero attached hydrogens (tertiary/aromatic N) is 1. The van der Waals surface area contributed by atoms with Crippen molar-refractivity contribution in [3.05, 3.63) is 12.2 Å². The van der Waals surface area contributed by atoms with Crippen LogP contribution < -0.4 is 4.72 Å². The number of ether oxygens (including phenoxy) is 1. The van der Waals surface area contributed by atoms with E-state index in [4.69, 9.17) is 4.74 Å². The second-order valence-corrected chi connectivity index (χ2v) is 6.06. The summed E-state index contributed by atoms with van der Waals surface area (Å²) in [6, 6.07) is 0. The predicted molar refractivity (Wildman–Crippen MR) is 74.7 cm³/mol. The summed E-state index contributed by atoms with van der Waals surface area (Å²) in [5, 5.41) is 0. The number of hydrogen-bond acceptors (Lipinski definition) is 3. The zero-order valence-electron chi connectivity index (χ0n) is 11.7. The Morgan fingerprint density at radius 1 is 1.28 bits per heavy atom. The molecule has 0 atom stereocenters. The first-order valence-electron chi connectivity index (χ1n) is 6.40. The highest BCUT2D eigenvalue weighted by atomic mass is 32.2. The molecule has 0 aliphatic rings. The van der Waals surface area contributed by atoms with Crippen molar-refractivity contribution in [2.24, 2.45) is 0 Å². The van der Waals surface area contributed by atoms with Gasteiger partial charge in [0, 0.05) is 19.6 Å². The van der Waals surface area contributed by atoms with Gasteiger partial charge in [-0.2, -0.15) is 17.4 Å². The number of hydrogen-bond donors (Lipinski definition) is 1. The van der Waals surface area contributed by atoms with Crippen molar-refractivity contribution in [3.63, 3.8) is 0 Å². The summed E-state index contributed by atoms with van der Waals surface area (Å²) in [4.78, 5) is 0. The Morgan fingerprint density at radius 3 is 2.28 bits per heavy atom. The topological polar surface area (TPSA) is 58.6 Å². The lowest BCUT2D eigenvalue weighted by molar-refractivity contribution is 0.161. The van der Waals surface area contributed by atoms with E-state index in [1.807, 2.05) is 20.8 Å². The minimum atomic E-state index is -3.37. The second kappa shape index (κ2) is 9.49. The maximum absolute atomic E-state index is 11.9. The van der Waals surface area contributed by atoms with Gasteiger partial charge >= 0.3 is 0 Å². The third-order valence-electron chi connectivity index (χ3n) is 2.17. The molecule has 6 heteroatoms. The van der Waals surface area contributed by atoms with Crippen LogP contribution >= 0.6 is 0 Å². The largest absolute Gasteiger partial charge is 0.376 e. The first-order chi connectivity index (χ1) is 8.44. The van der Waals surface area contributed by atoms with Crippen LogP contribution in [0.5, 0.6) is 0 Å². The average molecular weight is 278 g/mol. The van der Waals surface area contributed by atoms with Crippen molar-refractivity contribution in [2.45, 2.75) is 33.6 Å². The van der Waals surface area contributed by atoms with E-state index >= 15 is 0 Å². The summed E-state index contributed by atoms with van der Waals surface area (Å²) in [6.07, 6.45) is 1.63. The smallest absolute Gasteiger partial charge is 0.279 e. The molecule has 0 bridgehead atoms. The van der Waals surface area contributed by atoms with E-state index in [2.05, 4.69) is 11.3 Å². The number of rotatable bonds is 11. The van der Waals surface area contributed by atoms with Gasteiger partial charge in [0.05, 0.1) is 13.2 Å². The summed E-state index contributed by atoms with van der Waals surface area (Å²) >= 11 is 0. The van der Waals surface area contributed by atoms with Gasteiger partial charge < -0.3 is 4.74 Å². The van der Waals surface area contributed by atoms with Crippen LogP contribution in [-0.4, -0.2) is 45.6 Å². The van der Waals surface area contributed by atoms with Gasteiger partial charge in [0.2, 0.25) is 0 Å². The van der Waals surface area contributed by atoms with Crippen LogP contribution in [0.2, 0.25) is 0 Å². The van der Waals surface area contributed by atoms with Crippen molar-refractivity contribution < 1.29 is 13.2 Å². The van der Waals surface area contributed by atoms with Crippen molar-refractivity contribution in [1.82, 2.24) is 9.03 Å². The van der Waals surface area contributed by atoms with Crippen LogP contribution in [0.3, 0.4) is 0 Å². The summed E-state index contributed by atoms with van der Waals surface area (Å²) in [5.41, 5.74) is 0.927. The zero-order chi connectivity index (χ0) is 14.0. The Labute approximate surface area is 111 Å². The van der Waals surface area contributed by atoms with Crippen LogP contribution in [0.1, 0.15) is 33.6 Å². The molecule has 0 radical (unpaired) electrons. The van der Waals surface area contributed by atoms with E-state index in [0.717, 1.165) is 18.4 Å². The highest BCUT2D eigenvalue weighted by Gasteiger charge is 2.19. The van der Waals surface area contributed by atoms with E-state index in [1.54, 1.807) is 0 Å². The molecule has 0 amide bonds. The van der Waals surface area contributed by atoms with Gasteiger partial charge in [-0.05, 0) is 19.8 Å². The molecule has 1 N–H and O–H groups in total. The molecule has 0 saturated heterocycles. The minimum absolute atomic E-state index is 0.291. The fraction of sp³-hybridized carbons (Fsp3) is 0.833. The van der Waals surface area contributed by atoms with Crippen LogP contribution in [0.15, 0.2) is 12.2 Å². The summed E-state index contributed by atoms with van der Waals surface area (Å²) in [6.45, 7) is 11.7. The Bertz CT molecular complexity index is 322. The van der Waals surface area contributed by atoms with Gasteiger partial charge in [0.25, 0.3) is 10.2 Å². The van der Waals surface area contributed by atoms with Gasteiger partial charge in [-0.25, -0.2) is 0 Å².